The van der Waals surface area contributed by atoms with Crippen molar-refractivity contribution in [3.05, 3.63) is 33.8 Å². The van der Waals surface area contributed by atoms with Crippen molar-refractivity contribution in [2.75, 3.05) is 11.5 Å². The molecule has 18 heavy (non-hydrogen) atoms. The van der Waals surface area contributed by atoms with Crippen molar-refractivity contribution in [3.63, 3.8) is 0 Å². The smallest absolute Gasteiger partial charge is 0.151 e. The first kappa shape index (κ1) is 15.7. The second-order valence-corrected chi connectivity index (χ2v) is 7.82. The molecule has 0 aliphatic rings. The van der Waals surface area contributed by atoms with Crippen LogP contribution in [0.3, 0.4) is 0 Å². The van der Waals surface area contributed by atoms with Crippen LogP contribution in [0.5, 0.6) is 0 Å². The molecule has 0 aromatic heterocycles. The fraction of sp³-hybridized carbons (Fsp3) is 0.538. The SMILES string of the molecule is CCS(=O)(=O)CC(C)NCc1ccc(Br)c(C)c1. The molecule has 0 aliphatic carbocycles. The lowest BCUT2D eigenvalue weighted by molar-refractivity contribution is 0.557. The van der Waals surface area contributed by atoms with Crippen molar-refractivity contribution in [3.8, 4) is 0 Å². The molecule has 0 radical (unpaired) electrons. The van der Waals surface area contributed by atoms with Crippen LogP contribution in [0.1, 0.15) is 25.0 Å². The van der Waals surface area contributed by atoms with E-state index in [0.29, 0.717) is 6.54 Å². The molecule has 1 rings (SSSR count). The van der Waals surface area contributed by atoms with Crippen LogP contribution < -0.4 is 5.32 Å². The van der Waals surface area contributed by atoms with E-state index < -0.39 is 9.84 Å². The van der Waals surface area contributed by atoms with Crippen LogP contribution in [0.25, 0.3) is 0 Å². The average molecular weight is 334 g/mol. The molecule has 0 bridgehead atoms. The minimum absolute atomic E-state index is 0.0288. The summed E-state index contributed by atoms with van der Waals surface area (Å²) in [6.07, 6.45) is 0. The third-order valence-corrected chi connectivity index (χ3v) is 5.60. The molecule has 1 aromatic rings. The molecule has 0 saturated heterocycles. The van der Waals surface area contributed by atoms with Crippen LogP contribution in [-0.2, 0) is 16.4 Å². The maximum Gasteiger partial charge on any atom is 0.151 e. The van der Waals surface area contributed by atoms with Crippen LogP contribution in [0, 0.1) is 6.92 Å². The molecule has 0 saturated carbocycles. The van der Waals surface area contributed by atoms with E-state index in [1.807, 2.05) is 26.0 Å². The van der Waals surface area contributed by atoms with Gasteiger partial charge in [-0.05, 0) is 31.0 Å². The van der Waals surface area contributed by atoms with E-state index in [4.69, 9.17) is 0 Å². The number of sulfone groups is 1. The highest BCUT2D eigenvalue weighted by Crippen LogP contribution is 2.17. The van der Waals surface area contributed by atoms with E-state index >= 15 is 0 Å². The van der Waals surface area contributed by atoms with Gasteiger partial charge in [-0.2, -0.15) is 0 Å². The van der Waals surface area contributed by atoms with Crippen molar-refractivity contribution in [2.24, 2.45) is 0 Å². The van der Waals surface area contributed by atoms with Gasteiger partial charge in [-0.3, -0.25) is 0 Å². The van der Waals surface area contributed by atoms with Gasteiger partial charge in [0.05, 0.1) is 5.75 Å². The topological polar surface area (TPSA) is 46.2 Å². The largest absolute Gasteiger partial charge is 0.309 e. The highest BCUT2D eigenvalue weighted by Gasteiger charge is 2.13. The monoisotopic (exact) mass is 333 g/mol. The second kappa shape index (κ2) is 6.68. The number of aryl methyl sites for hydroxylation is 1. The van der Waals surface area contributed by atoms with Crippen LogP contribution >= 0.6 is 15.9 Å². The minimum atomic E-state index is -2.91. The van der Waals surface area contributed by atoms with Gasteiger partial charge in [0.25, 0.3) is 0 Å². The Morgan fingerprint density at radius 2 is 2.06 bits per heavy atom. The number of benzene rings is 1. The lowest BCUT2D eigenvalue weighted by Gasteiger charge is -2.14. The third-order valence-electron chi connectivity index (χ3n) is 2.82. The first-order valence-electron chi connectivity index (χ1n) is 6.03. The van der Waals surface area contributed by atoms with Crippen molar-refractivity contribution >= 4 is 25.8 Å². The van der Waals surface area contributed by atoms with E-state index in [1.165, 1.54) is 5.56 Å². The fourth-order valence-corrected chi connectivity index (χ4v) is 3.03. The Morgan fingerprint density at radius 1 is 1.39 bits per heavy atom. The van der Waals surface area contributed by atoms with Gasteiger partial charge >= 0.3 is 0 Å². The standard InChI is InChI=1S/C13H20BrNO2S/c1-4-18(16,17)9-11(3)15-8-12-5-6-13(14)10(2)7-12/h5-7,11,15H,4,8-9H2,1-3H3. The summed E-state index contributed by atoms with van der Waals surface area (Å²) in [5.74, 6) is 0.398. The highest BCUT2D eigenvalue weighted by atomic mass is 79.9. The van der Waals surface area contributed by atoms with Crippen LogP contribution in [0.15, 0.2) is 22.7 Å². The molecule has 1 unspecified atom stereocenters. The number of nitrogens with one attached hydrogen (secondary N) is 1. The van der Waals surface area contributed by atoms with E-state index in [-0.39, 0.29) is 17.5 Å². The molecule has 0 heterocycles. The zero-order valence-electron chi connectivity index (χ0n) is 11.0. The van der Waals surface area contributed by atoms with Gasteiger partial charge < -0.3 is 5.32 Å². The molecule has 5 heteroatoms. The number of halogens is 1. The Bertz CT molecular complexity index is 500. The van der Waals surface area contributed by atoms with Crippen LogP contribution in [0.2, 0.25) is 0 Å². The van der Waals surface area contributed by atoms with Gasteiger partial charge in [-0.15, -0.1) is 0 Å². The quantitative estimate of drug-likeness (QED) is 0.870. The summed E-state index contributed by atoms with van der Waals surface area (Å²) in [4.78, 5) is 0. The molecule has 1 atom stereocenters. The molecule has 0 spiro atoms. The summed E-state index contributed by atoms with van der Waals surface area (Å²) in [7, 11) is -2.91. The fourth-order valence-electron chi connectivity index (χ4n) is 1.67. The summed E-state index contributed by atoms with van der Waals surface area (Å²) in [5, 5.41) is 3.24. The molecule has 1 N–H and O–H groups in total. The van der Waals surface area contributed by atoms with Gasteiger partial charge in [-0.1, -0.05) is 35.0 Å². The maximum absolute atomic E-state index is 11.5. The van der Waals surface area contributed by atoms with E-state index in [9.17, 15) is 8.42 Å². The first-order valence-corrected chi connectivity index (χ1v) is 8.64. The lowest BCUT2D eigenvalue weighted by Crippen LogP contribution is -2.33. The van der Waals surface area contributed by atoms with Gasteiger partial charge in [0.15, 0.2) is 9.84 Å². The normalized spacial score (nSPS) is 13.6. The Hall–Kier alpha value is -0.390. The zero-order valence-corrected chi connectivity index (χ0v) is 13.4. The first-order chi connectivity index (χ1) is 8.34. The van der Waals surface area contributed by atoms with Crippen molar-refractivity contribution in [1.29, 1.82) is 0 Å². The third kappa shape index (κ3) is 5.08. The average Bonchev–Trinajstić information content (AvgIpc) is 2.30. The molecular weight excluding hydrogens is 314 g/mol. The summed E-state index contributed by atoms with van der Waals surface area (Å²) < 4.78 is 24.0. The summed E-state index contributed by atoms with van der Waals surface area (Å²) >= 11 is 3.46. The Balaban J connectivity index is 2.52. The maximum atomic E-state index is 11.5. The summed E-state index contributed by atoms with van der Waals surface area (Å²) in [6, 6.07) is 6.11. The van der Waals surface area contributed by atoms with Crippen molar-refractivity contribution in [1.82, 2.24) is 5.32 Å². The predicted molar refractivity (Wildman–Crippen MR) is 79.5 cm³/mol. The molecular formula is C13H20BrNO2S. The number of hydrogen-bond acceptors (Lipinski definition) is 3. The zero-order chi connectivity index (χ0) is 13.8. The van der Waals surface area contributed by atoms with E-state index in [1.54, 1.807) is 6.92 Å². The van der Waals surface area contributed by atoms with Crippen molar-refractivity contribution < 1.29 is 8.42 Å². The van der Waals surface area contributed by atoms with Gasteiger partial charge in [-0.25, -0.2) is 8.42 Å². The van der Waals surface area contributed by atoms with Gasteiger partial charge in [0, 0.05) is 22.8 Å². The molecule has 1 aromatic carbocycles. The summed E-state index contributed by atoms with van der Waals surface area (Å²) in [6.45, 7) is 6.31. The molecule has 0 fully saturated rings. The lowest BCUT2D eigenvalue weighted by atomic mass is 10.1. The van der Waals surface area contributed by atoms with Gasteiger partial charge in [0.1, 0.15) is 0 Å². The van der Waals surface area contributed by atoms with Crippen LogP contribution in [0.4, 0.5) is 0 Å². The Kier molecular flexibility index (Phi) is 5.82. The molecule has 0 amide bonds. The molecule has 3 nitrogen and oxygen atoms in total. The molecule has 0 aliphatic heterocycles. The Labute approximate surface area is 118 Å². The predicted octanol–water partition coefficient (Wildman–Crippen LogP) is 2.67. The van der Waals surface area contributed by atoms with E-state index in [0.717, 1.165) is 10.0 Å². The second-order valence-electron chi connectivity index (χ2n) is 4.56. The minimum Gasteiger partial charge on any atom is -0.309 e. The molecule has 102 valence electrons. The Morgan fingerprint density at radius 3 is 2.61 bits per heavy atom. The highest BCUT2D eigenvalue weighted by molar-refractivity contribution is 9.10. The van der Waals surface area contributed by atoms with Crippen LogP contribution in [-0.4, -0.2) is 26.0 Å². The number of hydrogen-bond donors (Lipinski definition) is 1. The van der Waals surface area contributed by atoms with Crippen molar-refractivity contribution in [2.45, 2.75) is 33.4 Å². The number of rotatable bonds is 6. The summed E-state index contributed by atoms with van der Waals surface area (Å²) in [5.41, 5.74) is 2.35. The van der Waals surface area contributed by atoms with E-state index in [2.05, 4.69) is 27.3 Å². The van der Waals surface area contributed by atoms with Gasteiger partial charge in [0.2, 0.25) is 0 Å².